The molecule has 0 unspecified atom stereocenters. The second kappa shape index (κ2) is 3.16. The van der Waals surface area contributed by atoms with Crippen LogP contribution in [0.4, 0.5) is 5.95 Å². The molecule has 0 amide bonds. The molecule has 2 rings (SSSR count). The molecule has 2 aromatic rings. The molecule has 8 heteroatoms. The first-order valence-electron chi connectivity index (χ1n) is 3.80. The van der Waals surface area contributed by atoms with Gasteiger partial charge in [-0.15, -0.1) is 5.10 Å². The van der Waals surface area contributed by atoms with E-state index in [0.717, 1.165) is 0 Å². The van der Waals surface area contributed by atoms with Crippen molar-refractivity contribution in [3.63, 3.8) is 0 Å². The lowest BCUT2D eigenvalue weighted by atomic mass is 10.2. The Labute approximate surface area is 78.9 Å². The minimum Gasteiger partial charge on any atom is -0.512 e. The highest BCUT2D eigenvalue weighted by Gasteiger charge is 2.11. The zero-order chi connectivity index (χ0) is 10.1. The van der Waals surface area contributed by atoms with Crippen LogP contribution in [0.3, 0.4) is 0 Å². The van der Waals surface area contributed by atoms with Gasteiger partial charge in [-0.1, -0.05) is 0 Å². The van der Waals surface area contributed by atoms with Gasteiger partial charge >= 0.3 is 7.32 Å². The van der Waals surface area contributed by atoms with Crippen molar-refractivity contribution in [1.82, 2.24) is 14.6 Å². The van der Waals surface area contributed by atoms with Gasteiger partial charge in [0.25, 0.3) is 0 Å². The standard InChI is InChI=1S/C6H7BN4O3/c8-6-9-5-3-4(14-7(12)13)1-2-11(5)10-6/h1-3,12-13H,(H2,8,10). The molecule has 2 aromatic heterocycles. The van der Waals surface area contributed by atoms with Crippen LogP contribution in [0.1, 0.15) is 0 Å². The molecule has 0 saturated carbocycles. The summed E-state index contributed by atoms with van der Waals surface area (Å²) in [4.78, 5) is 3.87. The van der Waals surface area contributed by atoms with E-state index in [1.807, 2.05) is 0 Å². The van der Waals surface area contributed by atoms with Gasteiger partial charge < -0.3 is 20.4 Å². The van der Waals surface area contributed by atoms with E-state index in [-0.39, 0.29) is 11.7 Å². The van der Waals surface area contributed by atoms with E-state index < -0.39 is 7.32 Å². The number of hydrogen-bond acceptors (Lipinski definition) is 6. The summed E-state index contributed by atoms with van der Waals surface area (Å²) in [5.74, 6) is 0.423. The molecule has 0 atom stereocenters. The van der Waals surface area contributed by atoms with Crippen molar-refractivity contribution >= 4 is 18.9 Å². The largest absolute Gasteiger partial charge is 0.707 e. The lowest BCUT2D eigenvalue weighted by molar-refractivity contribution is 0.288. The smallest absolute Gasteiger partial charge is 0.512 e. The third-order valence-corrected chi connectivity index (χ3v) is 1.57. The van der Waals surface area contributed by atoms with Crippen LogP contribution in [-0.4, -0.2) is 32.0 Å². The highest BCUT2D eigenvalue weighted by atomic mass is 16.6. The maximum atomic E-state index is 8.55. The highest BCUT2D eigenvalue weighted by Crippen LogP contribution is 2.13. The van der Waals surface area contributed by atoms with Crippen molar-refractivity contribution in [3.05, 3.63) is 18.3 Å². The predicted octanol–water partition coefficient (Wildman–Crippen LogP) is -1.34. The Morgan fingerprint density at radius 2 is 2.29 bits per heavy atom. The first-order chi connectivity index (χ1) is 6.65. The van der Waals surface area contributed by atoms with Crippen LogP contribution in [0.5, 0.6) is 5.75 Å². The number of nitrogen functional groups attached to an aromatic ring is 1. The van der Waals surface area contributed by atoms with E-state index in [2.05, 4.69) is 14.7 Å². The Hall–Kier alpha value is -1.80. The minimum absolute atomic E-state index is 0.145. The lowest BCUT2D eigenvalue weighted by Gasteiger charge is -2.03. The predicted molar refractivity (Wildman–Crippen MR) is 48.2 cm³/mol. The molecule has 0 bridgehead atoms. The normalized spacial score (nSPS) is 10.4. The molecule has 0 aromatic carbocycles. The summed E-state index contributed by atoms with van der Waals surface area (Å²) in [6.45, 7) is 0. The van der Waals surface area contributed by atoms with Crippen molar-refractivity contribution in [1.29, 1.82) is 0 Å². The van der Waals surface area contributed by atoms with Crippen molar-refractivity contribution < 1.29 is 14.7 Å². The van der Waals surface area contributed by atoms with Crippen LogP contribution in [-0.2, 0) is 0 Å². The zero-order valence-electron chi connectivity index (χ0n) is 7.03. The Morgan fingerprint density at radius 1 is 1.50 bits per heavy atom. The monoisotopic (exact) mass is 194 g/mol. The van der Waals surface area contributed by atoms with Gasteiger partial charge in [0.2, 0.25) is 5.95 Å². The second-order valence-electron chi connectivity index (χ2n) is 2.58. The Morgan fingerprint density at radius 3 is 3.00 bits per heavy atom. The van der Waals surface area contributed by atoms with E-state index in [0.29, 0.717) is 5.65 Å². The molecule has 2 heterocycles. The maximum absolute atomic E-state index is 8.55. The molecule has 7 nitrogen and oxygen atoms in total. The van der Waals surface area contributed by atoms with Crippen molar-refractivity contribution in [2.75, 3.05) is 5.73 Å². The van der Waals surface area contributed by atoms with Crippen molar-refractivity contribution in [2.24, 2.45) is 0 Å². The highest BCUT2D eigenvalue weighted by molar-refractivity contribution is 6.33. The van der Waals surface area contributed by atoms with Gasteiger partial charge in [-0.05, 0) is 6.07 Å². The number of anilines is 1. The van der Waals surface area contributed by atoms with Gasteiger partial charge in [-0.3, -0.25) is 0 Å². The molecule has 0 radical (unpaired) electrons. The molecular formula is C6H7BN4O3. The second-order valence-corrected chi connectivity index (χ2v) is 2.58. The number of hydrogen-bond donors (Lipinski definition) is 3. The number of rotatable bonds is 2. The van der Waals surface area contributed by atoms with Gasteiger partial charge in [0.05, 0.1) is 0 Å². The summed E-state index contributed by atoms with van der Waals surface area (Å²) in [6.07, 6.45) is 1.55. The number of fused-ring (bicyclic) bond motifs is 1. The van der Waals surface area contributed by atoms with Crippen LogP contribution in [0.25, 0.3) is 5.65 Å². The summed E-state index contributed by atoms with van der Waals surface area (Å²) in [5, 5.41) is 20.9. The van der Waals surface area contributed by atoms with E-state index in [4.69, 9.17) is 15.8 Å². The average Bonchev–Trinajstić information content (AvgIpc) is 2.42. The summed E-state index contributed by atoms with van der Waals surface area (Å²) in [6, 6.07) is 3.00. The third kappa shape index (κ3) is 1.61. The summed E-state index contributed by atoms with van der Waals surface area (Å²) >= 11 is 0. The first-order valence-corrected chi connectivity index (χ1v) is 3.80. The molecule has 14 heavy (non-hydrogen) atoms. The van der Waals surface area contributed by atoms with Crippen molar-refractivity contribution in [3.8, 4) is 5.75 Å². The molecule has 0 aliphatic carbocycles. The van der Waals surface area contributed by atoms with Crippen LogP contribution in [0.15, 0.2) is 18.3 Å². The number of nitrogens with two attached hydrogens (primary N) is 1. The summed E-state index contributed by atoms with van der Waals surface area (Å²) < 4.78 is 6.07. The van der Waals surface area contributed by atoms with Gasteiger partial charge in [0, 0.05) is 12.3 Å². The average molecular weight is 194 g/mol. The molecular weight excluding hydrogens is 187 g/mol. The van der Waals surface area contributed by atoms with Gasteiger partial charge in [-0.25, -0.2) is 4.52 Å². The maximum Gasteiger partial charge on any atom is 0.707 e. The Kier molecular flexibility index (Phi) is 1.99. The van der Waals surface area contributed by atoms with Crippen LogP contribution in [0, 0.1) is 0 Å². The van der Waals surface area contributed by atoms with E-state index in [1.165, 1.54) is 16.6 Å². The van der Waals surface area contributed by atoms with Crippen LogP contribution < -0.4 is 10.4 Å². The SMILES string of the molecule is Nc1nc2cc(OB(O)O)ccn2n1. The Bertz CT molecular complexity index is 457. The van der Waals surface area contributed by atoms with Crippen LogP contribution >= 0.6 is 0 Å². The molecule has 0 fully saturated rings. The molecule has 0 aliphatic heterocycles. The molecule has 0 saturated heterocycles. The van der Waals surface area contributed by atoms with E-state index in [1.54, 1.807) is 6.20 Å². The minimum atomic E-state index is -1.85. The zero-order valence-corrected chi connectivity index (χ0v) is 7.03. The molecule has 0 spiro atoms. The quantitative estimate of drug-likeness (QED) is 0.510. The molecule has 4 N–H and O–H groups in total. The third-order valence-electron chi connectivity index (χ3n) is 1.57. The van der Waals surface area contributed by atoms with Gasteiger partial charge in [0.1, 0.15) is 5.75 Å². The number of pyridine rings is 1. The lowest BCUT2D eigenvalue weighted by Crippen LogP contribution is -2.20. The van der Waals surface area contributed by atoms with Gasteiger partial charge in [0.15, 0.2) is 5.65 Å². The summed E-state index contributed by atoms with van der Waals surface area (Å²) in [5.41, 5.74) is 5.83. The first kappa shape index (κ1) is 8.79. The fourth-order valence-corrected chi connectivity index (χ4v) is 1.08. The molecule has 0 aliphatic rings. The van der Waals surface area contributed by atoms with E-state index >= 15 is 0 Å². The van der Waals surface area contributed by atoms with Crippen molar-refractivity contribution in [2.45, 2.75) is 0 Å². The number of nitrogens with zero attached hydrogens (tertiary/aromatic N) is 3. The fraction of sp³-hybridized carbons (Fsp3) is 0. The molecule has 72 valence electrons. The fourth-order valence-electron chi connectivity index (χ4n) is 1.08. The Balaban J connectivity index is 2.40. The van der Waals surface area contributed by atoms with Crippen LogP contribution in [0.2, 0.25) is 0 Å². The van der Waals surface area contributed by atoms with E-state index in [9.17, 15) is 0 Å². The summed E-state index contributed by atoms with van der Waals surface area (Å²) in [7, 11) is -1.85. The van der Waals surface area contributed by atoms with Gasteiger partial charge in [-0.2, -0.15) is 4.98 Å². The number of aromatic nitrogens is 3. The topological polar surface area (TPSA) is 106 Å².